The average Bonchev–Trinajstić information content (AvgIpc) is 2.62. The van der Waals surface area contributed by atoms with Crippen LogP contribution in [-0.4, -0.2) is 43.0 Å². The van der Waals surface area contributed by atoms with Crippen LogP contribution in [0, 0.1) is 5.92 Å². The second-order valence-electron chi connectivity index (χ2n) is 6.12. The molecule has 1 atom stereocenters. The Hall–Kier alpha value is -1.79. The molecule has 7 heteroatoms. The SMILES string of the molecule is CCOc1ccc(C(=O)N2CCCCC2)cc1NC(=O)C(C)CN.Cl. The molecule has 2 amide bonds. The van der Waals surface area contributed by atoms with E-state index in [1.807, 2.05) is 11.8 Å². The van der Waals surface area contributed by atoms with E-state index in [2.05, 4.69) is 5.32 Å². The van der Waals surface area contributed by atoms with Crippen LogP contribution in [0.15, 0.2) is 18.2 Å². The van der Waals surface area contributed by atoms with Crippen molar-refractivity contribution in [3.8, 4) is 5.75 Å². The molecule has 1 aliphatic heterocycles. The summed E-state index contributed by atoms with van der Waals surface area (Å²) in [6.45, 7) is 5.96. The number of rotatable bonds is 6. The fraction of sp³-hybridized carbons (Fsp3) is 0.556. The van der Waals surface area contributed by atoms with E-state index in [9.17, 15) is 9.59 Å². The lowest BCUT2D eigenvalue weighted by Gasteiger charge is -2.27. The fourth-order valence-corrected chi connectivity index (χ4v) is 2.68. The minimum Gasteiger partial charge on any atom is -0.492 e. The summed E-state index contributed by atoms with van der Waals surface area (Å²) in [6, 6.07) is 5.19. The van der Waals surface area contributed by atoms with Gasteiger partial charge in [-0.05, 0) is 44.4 Å². The summed E-state index contributed by atoms with van der Waals surface area (Å²) in [5.74, 6) is 0.0762. The lowest BCUT2D eigenvalue weighted by molar-refractivity contribution is -0.119. The molecule has 0 spiro atoms. The first kappa shape index (κ1) is 21.3. The quantitative estimate of drug-likeness (QED) is 0.807. The molecule has 3 N–H and O–H groups in total. The maximum atomic E-state index is 12.6. The van der Waals surface area contributed by atoms with Gasteiger partial charge in [0.25, 0.3) is 5.91 Å². The molecule has 6 nitrogen and oxygen atoms in total. The third-order valence-corrected chi connectivity index (χ3v) is 4.23. The Morgan fingerprint density at radius 3 is 2.56 bits per heavy atom. The van der Waals surface area contributed by atoms with Crippen LogP contribution in [0.25, 0.3) is 0 Å². The lowest BCUT2D eigenvalue weighted by atomic mass is 10.1. The molecule has 25 heavy (non-hydrogen) atoms. The first-order valence-corrected chi connectivity index (χ1v) is 8.63. The minimum absolute atomic E-state index is 0. The lowest BCUT2D eigenvalue weighted by Crippen LogP contribution is -2.35. The molecule has 0 radical (unpaired) electrons. The molecule has 0 bridgehead atoms. The molecular formula is C18H28ClN3O3. The van der Waals surface area contributed by atoms with Crippen molar-refractivity contribution in [3.05, 3.63) is 23.8 Å². The number of amides is 2. The second kappa shape index (κ2) is 10.3. The Morgan fingerprint density at radius 2 is 1.96 bits per heavy atom. The number of hydrogen-bond donors (Lipinski definition) is 2. The topological polar surface area (TPSA) is 84.7 Å². The van der Waals surface area contributed by atoms with Crippen LogP contribution in [0.3, 0.4) is 0 Å². The van der Waals surface area contributed by atoms with Crippen molar-refractivity contribution in [2.75, 3.05) is 31.6 Å². The van der Waals surface area contributed by atoms with Gasteiger partial charge in [-0.3, -0.25) is 9.59 Å². The summed E-state index contributed by atoms with van der Waals surface area (Å²) in [6.07, 6.45) is 3.26. The van der Waals surface area contributed by atoms with E-state index in [1.54, 1.807) is 25.1 Å². The summed E-state index contributed by atoms with van der Waals surface area (Å²) in [4.78, 5) is 26.7. The molecule has 0 aromatic heterocycles. The number of nitrogens with two attached hydrogens (primary N) is 1. The molecule has 1 aromatic carbocycles. The summed E-state index contributed by atoms with van der Waals surface area (Å²) in [5, 5.41) is 2.83. The van der Waals surface area contributed by atoms with Gasteiger partial charge in [0.15, 0.2) is 0 Å². The first-order chi connectivity index (χ1) is 11.6. The van der Waals surface area contributed by atoms with Gasteiger partial charge in [0.05, 0.1) is 12.3 Å². The number of nitrogens with zero attached hydrogens (tertiary/aromatic N) is 1. The number of likely N-dealkylation sites (tertiary alicyclic amines) is 1. The number of halogens is 1. The van der Waals surface area contributed by atoms with E-state index < -0.39 is 0 Å². The van der Waals surface area contributed by atoms with Crippen LogP contribution in [-0.2, 0) is 4.79 Å². The van der Waals surface area contributed by atoms with Crippen LogP contribution in [0.1, 0.15) is 43.5 Å². The van der Waals surface area contributed by atoms with Gasteiger partial charge in [0, 0.05) is 31.1 Å². The summed E-state index contributed by atoms with van der Waals surface area (Å²) < 4.78 is 5.56. The average molecular weight is 370 g/mol. The number of anilines is 1. The number of carbonyl (C=O) groups excluding carboxylic acids is 2. The Bertz CT molecular complexity index is 589. The van der Waals surface area contributed by atoms with Crippen LogP contribution >= 0.6 is 12.4 Å². The molecule has 1 aliphatic rings. The van der Waals surface area contributed by atoms with Crippen LogP contribution < -0.4 is 15.8 Å². The van der Waals surface area contributed by atoms with Crippen molar-refractivity contribution >= 4 is 29.9 Å². The number of hydrogen-bond acceptors (Lipinski definition) is 4. The predicted molar refractivity (Wildman–Crippen MR) is 101 cm³/mol. The molecule has 0 aliphatic carbocycles. The second-order valence-corrected chi connectivity index (χ2v) is 6.12. The third-order valence-electron chi connectivity index (χ3n) is 4.23. The molecule has 0 saturated carbocycles. The van der Waals surface area contributed by atoms with Crippen molar-refractivity contribution in [2.24, 2.45) is 11.7 Å². The van der Waals surface area contributed by atoms with Gasteiger partial charge in [-0.2, -0.15) is 0 Å². The normalized spacial score (nSPS) is 15.1. The highest BCUT2D eigenvalue weighted by Crippen LogP contribution is 2.27. The van der Waals surface area contributed by atoms with E-state index in [1.165, 1.54) is 6.42 Å². The Kier molecular flexibility index (Phi) is 8.72. The molecule has 140 valence electrons. The van der Waals surface area contributed by atoms with Crippen molar-refractivity contribution in [1.82, 2.24) is 4.90 Å². The highest BCUT2D eigenvalue weighted by molar-refractivity contribution is 5.99. The van der Waals surface area contributed by atoms with Crippen molar-refractivity contribution in [1.29, 1.82) is 0 Å². The molecule has 2 rings (SSSR count). The van der Waals surface area contributed by atoms with Gasteiger partial charge in [0.2, 0.25) is 5.91 Å². The standard InChI is InChI=1S/C18H27N3O3.ClH/c1-3-24-16-8-7-14(18(23)21-9-5-4-6-10-21)11-15(16)20-17(22)13(2)12-19;/h7-8,11,13H,3-6,9-10,12,19H2,1-2H3,(H,20,22);1H. The van der Waals surface area contributed by atoms with Crippen LogP contribution in [0.4, 0.5) is 5.69 Å². The Balaban J connectivity index is 0.00000312. The maximum Gasteiger partial charge on any atom is 0.253 e. The minimum atomic E-state index is -0.305. The van der Waals surface area contributed by atoms with Gasteiger partial charge >= 0.3 is 0 Å². The fourth-order valence-electron chi connectivity index (χ4n) is 2.68. The van der Waals surface area contributed by atoms with Crippen molar-refractivity contribution < 1.29 is 14.3 Å². The molecule has 1 heterocycles. The highest BCUT2D eigenvalue weighted by Gasteiger charge is 2.20. The zero-order valence-corrected chi connectivity index (χ0v) is 15.7. The maximum absolute atomic E-state index is 12.6. The summed E-state index contributed by atoms with van der Waals surface area (Å²) >= 11 is 0. The van der Waals surface area contributed by atoms with E-state index >= 15 is 0 Å². The van der Waals surface area contributed by atoms with Crippen molar-refractivity contribution in [2.45, 2.75) is 33.1 Å². The van der Waals surface area contributed by atoms with Gasteiger partial charge in [-0.15, -0.1) is 12.4 Å². The Labute approximate surface area is 155 Å². The third kappa shape index (κ3) is 5.61. The van der Waals surface area contributed by atoms with Gasteiger partial charge in [0.1, 0.15) is 5.75 Å². The summed E-state index contributed by atoms with van der Waals surface area (Å²) in [5.41, 5.74) is 6.63. The molecule has 1 fully saturated rings. The van der Waals surface area contributed by atoms with Crippen molar-refractivity contribution in [3.63, 3.8) is 0 Å². The number of carbonyl (C=O) groups is 2. The molecular weight excluding hydrogens is 342 g/mol. The van der Waals surface area contributed by atoms with Gasteiger partial charge < -0.3 is 20.7 Å². The molecule has 1 aromatic rings. The van der Waals surface area contributed by atoms with Crippen LogP contribution in [0.2, 0.25) is 0 Å². The Morgan fingerprint density at radius 1 is 1.28 bits per heavy atom. The van der Waals surface area contributed by atoms with Crippen LogP contribution in [0.5, 0.6) is 5.75 Å². The first-order valence-electron chi connectivity index (χ1n) is 8.63. The largest absolute Gasteiger partial charge is 0.492 e. The smallest absolute Gasteiger partial charge is 0.253 e. The zero-order valence-electron chi connectivity index (χ0n) is 14.9. The number of nitrogens with one attached hydrogen (secondary N) is 1. The number of ether oxygens (including phenoxy) is 1. The van der Waals surface area contributed by atoms with Gasteiger partial charge in [-0.1, -0.05) is 6.92 Å². The van der Waals surface area contributed by atoms with E-state index in [-0.39, 0.29) is 36.7 Å². The van der Waals surface area contributed by atoms with E-state index in [0.29, 0.717) is 23.6 Å². The monoisotopic (exact) mass is 369 g/mol. The predicted octanol–water partition coefficient (Wildman–Crippen LogP) is 2.67. The molecule has 1 unspecified atom stereocenters. The van der Waals surface area contributed by atoms with E-state index in [0.717, 1.165) is 25.9 Å². The number of piperidine rings is 1. The highest BCUT2D eigenvalue weighted by atomic mass is 35.5. The molecule has 1 saturated heterocycles. The number of benzene rings is 1. The summed E-state index contributed by atoms with van der Waals surface area (Å²) in [7, 11) is 0. The van der Waals surface area contributed by atoms with E-state index in [4.69, 9.17) is 10.5 Å². The van der Waals surface area contributed by atoms with Gasteiger partial charge in [-0.25, -0.2) is 0 Å². The zero-order chi connectivity index (χ0) is 17.5.